The number of urea groups is 1. The Labute approximate surface area is 204 Å². The first kappa shape index (κ1) is 23.1. The normalized spacial score (nSPS) is 10.7. The summed E-state index contributed by atoms with van der Waals surface area (Å²) in [4.78, 5) is 29.1. The summed E-state index contributed by atoms with van der Waals surface area (Å²) >= 11 is 9.06. The van der Waals surface area contributed by atoms with Gasteiger partial charge in [-0.05, 0) is 48.4 Å². The summed E-state index contributed by atoms with van der Waals surface area (Å²) in [6.45, 7) is 2.44. The van der Waals surface area contributed by atoms with Crippen LogP contribution in [0.25, 0.3) is 10.2 Å². The predicted molar refractivity (Wildman–Crippen MR) is 137 cm³/mol. The van der Waals surface area contributed by atoms with Crippen molar-refractivity contribution in [2.45, 2.75) is 17.8 Å². The number of carbonyl (C=O) groups excluding carboxylic acids is 2. The fourth-order valence-corrected chi connectivity index (χ4v) is 5.24. The van der Waals surface area contributed by atoms with Gasteiger partial charge in [0.2, 0.25) is 5.91 Å². The summed E-state index contributed by atoms with van der Waals surface area (Å²) in [7, 11) is 0. The highest BCUT2D eigenvalue weighted by Gasteiger charge is 2.11. The molecular formula is C24H21ClN4O2S2. The van der Waals surface area contributed by atoms with Gasteiger partial charge in [0, 0.05) is 12.2 Å². The molecule has 168 valence electrons. The number of rotatable bonds is 7. The van der Waals surface area contributed by atoms with Gasteiger partial charge in [-0.1, -0.05) is 59.8 Å². The number of nitrogens with one attached hydrogen (secondary N) is 3. The van der Waals surface area contributed by atoms with E-state index >= 15 is 0 Å². The maximum atomic E-state index is 12.4. The lowest BCUT2D eigenvalue weighted by Gasteiger charge is -2.09. The van der Waals surface area contributed by atoms with Crippen LogP contribution < -0.4 is 16.0 Å². The van der Waals surface area contributed by atoms with Crippen molar-refractivity contribution in [3.63, 3.8) is 0 Å². The number of halogens is 1. The minimum absolute atomic E-state index is 0.0445. The largest absolute Gasteiger partial charge is 0.351 e. The van der Waals surface area contributed by atoms with E-state index in [1.165, 1.54) is 23.1 Å². The molecule has 0 bridgehead atoms. The quantitative estimate of drug-likeness (QED) is 0.262. The summed E-state index contributed by atoms with van der Waals surface area (Å²) in [6.07, 6.45) is 0. The molecule has 0 unspecified atom stereocenters. The molecule has 3 N–H and O–H groups in total. The lowest BCUT2D eigenvalue weighted by Crippen LogP contribution is -2.24. The number of nitrogens with zero attached hydrogens (tertiary/aromatic N) is 1. The molecule has 1 heterocycles. The van der Waals surface area contributed by atoms with E-state index in [0.29, 0.717) is 22.9 Å². The summed E-state index contributed by atoms with van der Waals surface area (Å²) in [5, 5.41) is 8.97. The van der Waals surface area contributed by atoms with Gasteiger partial charge in [-0.3, -0.25) is 4.79 Å². The Morgan fingerprint density at radius 2 is 1.85 bits per heavy atom. The molecule has 4 rings (SSSR count). The van der Waals surface area contributed by atoms with E-state index in [0.717, 1.165) is 25.7 Å². The number of thiazole rings is 1. The number of carbonyl (C=O) groups is 2. The first-order valence-corrected chi connectivity index (χ1v) is 12.3. The molecule has 33 heavy (non-hydrogen) atoms. The Kier molecular flexibility index (Phi) is 7.49. The summed E-state index contributed by atoms with van der Waals surface area (Å²) < 4.78 is 1.72. The van der Waals surface area contributed by atoms with Gasteiger partial charge in [0.15, 0.2) is 4.34 Å². The SMILES string of the molecule is Cc1ccc(NC(=O)Nc2ccc3nc(SCC(=O)NCc4ccccc4)sc3c2)c(Cl)c1. The smallest absolute Gasteiger partial charge is 0.323 e. The summed E-state index contributed by atoms with van der Waals surface area (Å²) in [6, 6.07) is 20.4. The molecule has 0 saturated heterocycles. The standard InChI is InChI=1S/C24H21ClN4O2S2/c1-15-7-9-19(18(25)11-15)28-23(31)27-17-8-10-20-21(12-17)33-24(29-20)32-14-22(30)26-13-16-5-3-2-4-6-16/h2-12H,13-14H2,1H3,(H,26,30)(H2,27,28,31). The third-order valence-corrected chi connectivity index (χ3v) is 7.13. The van der Waals surface area contributed by atoms with E-state index in [1.54, 1.807) is 18.2 Å². The monoisotopic (exact) mass is 496 g/mol. The van der Waals surface area contributed by atoms with Gasteiger partial charge in [-0.25, -0.2) is 9.78 Å². The van der Waals surface area contributed by atoms with Crippen LogP contribution in [0.1, 0.15) is 11.1 Å². The number of hydrogen-bond donors (Lipinski definition) is 3. The average Bonchev–Trinajstić information content (AvgIpc) is 3.21. The highest BCUT2D eigenvalue weighted by atomic mass is 35.5. The highest BCUT2D eigenvalue weighted by molar-refractivity contribution is 8.01. The second-order valence-corrected chi connectivity index (χ2v) is 9.94. The number of amides is 3. The van der Waals surface area contributed by atoms with E-state index in [-0.39, 0.29) is 17.7 Å². The Bertz CT molecular complexity index is 1290. The molecule has 0 aliphatic rings. The van der Waals surface area contributed by atoms with Gasteiger partial charge in [0.1, 0.15) is 0 Å². The maximum absolute atomic E-state index is 12.4. The van der Waals surface area contributed by atoms with Gasteiger partial charge >= 0.3 is 6.03 Å². The van der Waals surface area contributed by atoms with E-state index in [9.17, 15) is 9.59 Å². The summed E-state index contributed by atoms with van der Waals surface area (Å²) in [5.41, 5.74) is 4.08. The van der Waals surface area contributed by atoms with Crippen molar-refractivity contribution >= 4 is 68.2 Å². The number of aromatic nitrogens is 1. The molecule has 3 amide bonds. The molecule has 0 radical (unpaired) electrons. The number of fused-ring (bicyclic) bond motifs is 1. The lowest BCUT2D eigenvalue weighted by molar-refractivity contribution is -0.118. The van der Waals surface area contributed by atoms with Gasteiger partial charge in [-0.2, -0.15) is 0 Å². The fourth-order valence-electron chi connectivity index (χ4n) is 3.02. The molecule has 0 fully saturated rings. The van der Waals surface area contributed by atoms with Gasteiger partial charge < -0.3 is 16.0 Å². The second kappa shape index (κ2) is 10.7. The first-order chi connectivity index (χ1) is 16.0. The maximum Gasteiger partial charge on any atom is 0.323 e. The van der Waals surface area contributed by atoms with Crippen molar-refractivity contribution < 1.29 is 9.59 Å². The Morgan fingerprint density at radius 3 is 2.64 bits per heavy atom. The third kappa shape index (κ3) is 6.47. The van der Waals surface area contributed by atoms with Crippen LogP contribution in [-0.2, 0) is 11.3 Å². The first-order valence-electron chi connectivity index (χ1n) is 10.1. The van der Waals surface area contributed by atoms with Crippen LogP contribution in [0.3, 0.4) is 0 Å². The Morgan fingerprint density at radius 1 is 1.03 bits per heavy atom. The van der Waals surface area contributed by atoms with Crippen LogP contribution >= 0.6 is 34.7 Å². The van der Waals surface area contributed by atoms with Crippen LogP contribution in [0, 0.1) is 6.92 Å². The topological polar surface area (TPSA) is 83.1 Å². The molecule has 0 saturated carbocycles. The molecule has 0 aliphatic heterocycles. The molecule has 0 spiro atoms. The molecule has 1 aromatic heterocycles. The second-order valence-electron chi connectivity index (χ2n) is 7.28. The average molecular weight is 497 g/mol. The molecule has 3 aromatic carbocycles. The van der Waals surface area contributed by atoms with E-state index in [4.69, 9.17) is 11.6 Å². The van der Waals surface area contributed by atoms with Crippen molar-refractivity contribution in [3.05, 3.63) is 82.9 Å². The van der Waals surface area contributed by atoms with Crippen molar-refractivity contribution in [1.82, 2.24) is 10.3 Å². The van der Waals surface area contributed by atoms with E-state index < -0.39 is 0 Å². The van der Waals surface area contributed by atoms with Crippen LogP contribution in [0.4, 0.5) is 16.2 Å². The number of hydrogen-bond acceptors (Lipinski definition) is 5. The molecule has 4 aromatic rings. The molecule has 0 atom stereocenters. The minimum atomic E-state index is -0.380. The Hall–Kier alpha value is -3.07. The van der Waals surface area contributed by atoms with Gasteiger partial charge in [-0.15, -0.1) is 11.3 Å². The highest BCUT2D eigenvalue weighted by Crippen LogP contribution is 2.31. The molecule has 6 nitrogen and oxygen atoms in total. The molecule has 9 heteroatoms. The van der Waals surface area contributed by atoms with Crippen molar-refractivity contribution in [3.8, 4) is 0 Å². The zero-order valence-corrected chi connectivity index (χ0v) is 20.1. The number of benzene rings is 3. The Balaban J connectivity index is 1.32. The number of aryl methyl sites for hydroxylation is 1. The zero-order chi connectivity index (χ0) is 23.2. The van der Waals surface area contributed by atoms with Crippen LogP contribution in [0.5, 0.6) is 0 Å². The predicted octanol–water partition coefficient (Wildman–Crippen LogP) is 6.31. The lowest BCUT2D eigenvalue weighted by atomic mass is 10.2. The van der Waals surface area contributed by atoms with Crippen LogP contribution in [0.2, 0.25) is 5.02 Å². The van der Waals surface area contributed by atoms with Crippen molar-refractivity contribution in [1.29, 1.82) is 0 Å². The molecular weight excluding hydrogens is 476 g/mol. The third-order valence-electron chi connectivity index (χ3n) is 4.66. The fraction of sp³-hybridized carbons (Fsp3) is 0.125. The van der Waals surface area contributed by atoms with Crippen LogP contribution in [-0.4, -0.2) is 22.7 Å². The summed E-state index contributed by atoms with van der Waals surface area (Å²) in [5.74, 6) is 0.245. The van der Waals surface area contributed by atoms with Crippen molar-refractivity contribution in [2.75, 3.05) is 16.4 Å². The minimum Gasteiger partial charge on any atom is -0.351 e. The molecule has 0 aliphatic carbocycles. The van der Waals surface area contributed by atoms with E-state index in [2.05, 4.69) is 20.9 Å². The van der Waals surface area contributed by atoms with Gasteiger partial charge in [0.25, 0.3) is 0 Å². The van der Waals surface area contributed by atoms with Gasteiger partial charge in [0.05, 0.1) is 26.7 Å². The number of thioether (sulfide) groups is 1. The van der Waals surface area contributed by atoms with E-state index in [1.807, 2.05) is 55.5 Å². The number of anilines is 2. The van der Waals surface area contributed by atoms with Crippen molar-refractivity contribution in [2.24, 2.45) is 0 Å². The van der Waals surface area contributed by atoms with Crippen LogP contribution in [0.15, 0.2) is 71.1 Å². The zero-order valence-electron chi connectivity index (χ0n) is 17.7.